The van der Waals surface area contributed by atoms with E-state index in [2.05, 4.69) is 14.5 Å². The lowest BCUT2D eigenvalue weighted by molar-refractivity contribution is -0.139. The second-order valence-corrected chi connectivity index (χ2v) is 4.34. The number of pyridine rings is 1. The first-order chi connectivity index (χ1) is 10.6. The number of para-hydroxylation sites is 1. The lowest BCUT2D eigenvalue weighted by Crippen LogP contribution is -2.06. The number of hydrogen-bond donors (Lipinski definition) is 0. The van der Waals surface area contributed by atoms with E-state index < -0.39 is 5.97 Å². The predicted octanol–water partition coefficient (Wildman–Crippen LogP) is 2.38. The Hall–Kier alpha value is -2.89. The minimum atomic E-state index is -0.467. The van der Waals surface area contributed by atoms with Crippen LogP contribution >= 0.6 is 0 Å². The summed E-state index contributed by atoms with van der Waals surface area (Å²) in [5.41, 5.74) is 1.02. The number of rotatable bonds is 5. The van der Waals surface area contributed by atoms with Crippen LogP contribution in [-0.2, 0) is 20.7 Å². The van der Waals surface area contributed by atoms with Crippen LogP contribution in [0.5, 0.6) is 11.6 Å². The summed E-state index contributed by atoms with van der Waals surface area (Å²) in [6.45, 7) is 0. The van der Waals surface area contributed by atoms with Gasteiger partial charge >= 0.3 is 11.9 Å². The summed E-state index contributed by atoms with van der Waals surface area (Å²) in [5, 5.41) is 0. The Balaban J connectivity index is 2.17. The van der Waals surface area contributed by atoms with E-state index in [1.165, 1.54) is 20.4 Å². The van der Waals surface area contributed by atoms with Crippen LogP contribution in [0.4, 0.5) is 0 Å². The van der Waals surface area contributed by atoms with Gasteiger partial charge in [-0.2, -0.15) is 0 Å². The molecule has 1 heterocycles. The fraction of sp³-hybridized carbons (Fsp3) is 0.188. The first-order valence-corrected chi connectivity index (χ1v) is 6.51. The highest BCUT2D eigenvalue weighted by molar-refractivity contribution is 5.88. The quantitative estimate of drug-likeness (QED) is 0.789. The van der Waals surface area contributed by atoms with E-state index in [4.69, 9.17) is 4.74 Å². The van der Waals surface area contributed by atoms with Crippen molar-refractivity contribution in [3.8, 4) is 11.6 Å². The molecule has 6 heteroatoms. The van der Waals surface area contributed by atoms with Crippen LogP contribution in [-0.4, -0.2) is 31.1 Å². The zero-order valence-corrected chi connectivity index (χ0v) is 12.2. The van der Waals surface area contributed by atoms with Crippen molar-refractivity contribution >= 4 is 11.9 Å². The maximum Gasteiger partial charge on any atom is 0.339 e. The highest BCUT2D eigenvalue weighted by Crippen LogP contribution is 2.24. The summed E-state index contributed by atoms with van der Waals surface area (Å²) in [6, 6.07) is 10.2. The molecule has 0 spiro atoms. The van der Waals surface area contributed by atoms with Crippen LogP contribution in [0.1, 0.15) is 15.9 Å². The molecule has 0 fully saturated rings. The number of hydrogen-bond acceptors (Lipinski definition) is 6. The third kappa shape index (κ3) is 3.82. The molecule has 0 bridgehead atoms. The van der Waals surface area contributed by atoms with Crippen LogP contribution in [0.15, 0.2) is 42.6 Å². The molecule has 0 atom stereocenters. The molecule has 1 aromatic carbocycles. The molecule has 2 aromatic rings. The lowest BCUT2D eigenvalue weighted by atomic mass is 10.1. The van der Waals surface area contributed by atoms with Crippen molar-refractivity contribution in [1.29, 1.82) is 0 Å². The molecule has 0 amide bonds. The maximum atomic E-state index is 11.4. The summed E-state index contributed by atoms with van der Waals surface area (Å²) >= 11 is 0. The fourth-order valence-electron chi connectivity index (χ4n) is 1.77. The summed E-state index contributed by atoms with van der Waals surface area (Å²) in [4.78, 5) is 26.8. The van der Waals surface area contributed by atoms with Gasteiger partial charge < -0.3 is 14.2 Å². The number of carbonyl (C=O) groups excluding carboxylic acids is 2. The highest BCUT2D eigenvalue weighted by Gasteiger charge is 2.11. The Morgan fingerprint density at radius 3 is 2.45 bits per heavy atom. The Morgan fingerprint density at radius 2 is 1.82 bits per heavy atom. The number of ether oxygens (including phenoxy) is 3. The van der Waals surface area contributed by atoms with Crippen molar-refractivity contribution in [2.24, 2.45) is 0 Å². The number of esters is 2. The van der Waals surface area contributed by atoms with Crippen LogP contribution < -0.4 is 4.74 Å². The highest BCUT2D eigenvalue weighted by atomic mass is 16.5. The Bertz CT molecular complexity index is 666. The zero-order chi connectivity index (χ0) is 15.9. The van der Waals surface area contributed by atoms with Gasteiger partial charge in [-0.3, -0.25) is 4.79 Å². The minimum absolute atomic E-state index is 0.104. The van der Waals surface area contributed by atoms with Gasteiger partial charge in [0.05, 0.1) is 26.2 Å². The van der Waals surface area contributed by atoms with E-state index in [9.17, 15) is 9.59 Å². The van der Waals surface area contributed by atoms with E-state index in [1.807, 2.05) is 0 Å². The van der Waals surface area contributed by atoms with Crippen molar-refractivity contribution in [3.63, 3.8) is 0 Å². The van der Waals surface area contributed by atoms with Crippen LogP contribution in [0.3, 0.4) is 0 Å². The lowest BCUT2D eigenvalue weighted by Gasteiger charge is -2.09. The molecule has 6 nitrogen and oxygen atoms in total. The molecular weight excluding hydrogens is 286 g/mol. The molecule has 0 saturated carbocycles. The first-order valence-electron chi connectivity index (χ1n) is 6.51. The SMILES string of the molecule is COC(=O)Cc1ccccc1Oc1ccc(C(=O)OC)cn1. The number of methoxy groups -OCH3 is 2. The number of aromatic nitrogens is 1. The van der Waals surface area contributed by atoms with Crippen molar-refractivity contribution in [1.82, 2.24) is 4.98 Å². The predicted molar refractivity (Wildman–Crippen MR) is 77.8 cm³/mol. The molecule has 114 valence electrons. The van der Waals surface area contributed by atoms with Gasteiger partial charge in [-0.25, -0.2) is 9.78 Å². The standard InChI is InChI=1S/C16H15NO5/c1-20-15(18)9-11-5-3-4-6-13(11)22-14-8-7-12(10-17-14)16(19)21-2/h3-8,10H,9H2,1-2H3. The molecule has 22 heavy (non-hydrogen) atoms. The summed E-state index contributed by atoms with van der Waals surface area (Å²) in [7, 11) is 2.63. The van der Waals surface area contributed by atoms with Crippen molar-refractivity contribution in [2.75, 3.05) is 14.2 Å². The topological polar surface area (TPSA) is 74.7 Å². The third-order valence-electron chi connectivity index (χ3n) is 2.91. The van der Waals surface area contributed by atoms with Crippen LogP contribution in [0.25, 0.3) is 0 Å². The fourth-order valence-corrected chi connectivity index (χ4v) is 1.77. The number of carbonyl (C=O) groups is 2. The monoisotopic (exact) mass is 301 g/mol. The molecule has 0 aliphatic heterocycles. The van der Waals surface area contributed by atoms with Gasteiger partial charge in [0.15, 0.2) is 0 Å². The van der Waals surface area contributed by atoms with E-state index in [0.717, 1.165) is 0 Å². The van der Waals surface area contributed by atoms with Crippen LogP contribution in [0.2, 0.25) is 0 Å². The maximum absolute atomic E-state index is 11.4. The molecule has 0 saturated heterocycles. The molecule has 2 rings (SSSR count). The van der Waals surface area contributed by atoms with E-state index in [1.54, 1.807) is 36.4 Å². The molecule has 0 radical (unpaired) electrons. The van der Waals surface area contributed by atoms with Gasteiger partial charge in [-0.05, 0) is 12.1 Å². The first kappa shape index (κ1) is 15.5. The van der Waals surface area contributed by atoms with Gasteiger partial charge in [0, 0.05) is 17.8 Å². The summed E-state index contributed by atoms with van der Waals surface area (Å²) < 4.78 is 14.9. The van der Waals surface area contributed by atoms with Crippen molar-refractivity contribution in [3.05, 3.63) is 53.7 Å². The van der Waals surface area contributed by atoms with Gasteiger partial charge in [-0.1, -0.05) is 18.2 Å². The minimum Gasteiger partial charge on any atom is -0.469 e. The molecular formula is C16H15NO5. The number of nitrogens with zero attached hydrogens (tertiary/aromatic N) is 1. The third-order valence-corrected chi connectivity index (χ3v) is 2.91. The smallest absolute Gasteiger partial charge is 0.339 e. The van der Waals surface area contributed by atoms with Crippen molar-refractivity contribution < 1.29 is 23.8 Å². The van der Waals surface area contributed by atoms with Gasteiger partial charge in [0.1, 0.15) is 5.75 Å². The largest absolute Gasteiger partial charge is 0.469 e. The molecule has 1 aromatic heterocycles. The van der Waals surface area contributed by atoms with E-state index in [0.29, 0.717) is 22.8 Å². The summed E-state index contributed by atoms with van der Waals surface area (Å²) in [6.07, 6.45) is 1.47. The van der Waals surface area contributed by atoms with Crippen molar-refractivity contribution in [2.45, 2.75) is 6.42 Å². The Kier molecular flexibility index (Phi) is 5.08. The molecule has 0 aliphatic rings. The van der Waals surface area contributed by atoms with Crippen LogP contribution in [0, 0.1) is 0 Å². The molecule has 0 N–H and O–H groups in total. The summed E-state index contributed by atoms with van der Waals surface area (Å²) in [5.74, 6) is -0.00798. The molecule has 0 aliphatic carbocycles. The number of benzene rings is 1. The van der Waals surface area contributed by atoms with Gasteiger partial charge in [-0.15, -0.1) is 0 Å². The average molecular weight is 301 g/mol. The van der Waals surface area contributed by atoms with E-state index >= 15 is 0 Å². The second-order valence-electron chi connectivity index (χ2n) is 4.34. The Labute approximate surface area is 127 Å². The molecule has 0 unspecified atom stereocenters. The zero-order valence-electron chi connectivity index (χ0n) is 12.2. The second kappa shape index (κ2) is 7.21. The normalized spacial score (nSPS) is 9.91. The van der Waals surface area contributed by atoms with Gasteiger partial charge in [0.25, 0.3) is 0 Å². The Morgan fingerprint density at radius 1 is 1.05 bits per heavy atom. The average Bonchev–Trinajstić information content (AvgIpc) is 2.56. The van der Waals surface area contributed by atoms with E-state index in [-0.39, 0.29) is 12.4 Å². The van der Waals surface area contributed by atoms with Gasteiger partial charge in [0.2, 0.25) is 5.88 Å².